The molecule has 0 amide bonds. The van der Waals surface area contributed by atoms with Gasteiger partial charge in [-0.05, 0) is 18.2 Å². The number of nitrogens with zero attached hydrogens (tertiary/aromatic N) is 5. The Morgan fingerprint density at radius 1 is 1.00 bits per heavy atom. The number of hydrogen-bond donors (Lipinski definition) is 2. The molecule has 2 aromatic carbocycles. The Morgan fingerprint density at radius 3 is 2.49 bits per heavy atom. The second kappa shape index (κ2) is 9.13. The van der Waals surface area contributed by atoms with Crippen molar-refractivity contribution in [3.05, 3.63) is 102 Å². The molecule has 15 heteroatoms. The molecule has 3 aromatic heterocycles. The van der Waals surface area contributed by atoms with E-state index in [1.54, 1.807) is 30.1 Å². The zero-order chi connectivity index (χ0) is 26.4. The number of benzene rings is 2. The molecule has 0 aliphatic rings. The van der Waals surface area contributed by atoms with Crippen molar-refractivity contribution in [1.82, 2.24) is 29.1 Å². The van der Waals surface area contributed by atoms with Gasteiger partial charge in [0.2, 0.25) is 5.95 Å². The predicted molar refractivity (Wildman–Crippen MR) is 126 cm³/mol. The van der Waals surface area contributed by atoms with Gasteiger partial charge in [0.15, 0.2) is 11.6 Å². The van der Waals surface area contributed by atoms with Gasteiger partial charge in [0, 0.05) is 36.3 Å². The van der Waals surface area contributed by atoms with E-state index in [0.29, 0.717) is 27.6 Å². The molecule has 0 bridgehead atoms. The maximum atomic E-state index is 14.5. The maximum Gasteiger partial charge on any atom is 0.357 e. The number of hydrogen-bond acceptors (Lipinski definition) is 7. The number of nitrogens with one attached hydrogen (secondary N) is 2. The van der Waals surface area contributed by atoms with Gasteiger partial charge < -0.3 is 9.84 Å². The summed E-state index contributed by atoms with van der Waals surface area (Å²) in [4.78, 5) is 41.4. The van der Waals surface area contributed by atoms with E-state index in [2.05, 4.69) is 25.1 Å². The standard InChI is InChI=1S/C22H15ClF3N7O4/c1-31-7-11-3-18(13(23)5-17(11)29-31)27-20-28-21(35)33(9-12-4-19(34)37-30-12)22(36)32(20)8-10-2-15(25)16(26)6-14(10)24/h2-7,30H,8-9H2,1H3,(H,27,28,35). The largest absolute Gasteiger partial charge is 0.357 e. The quantitative estimate of drug-likeness (QED) is 0.320. The fraction of sp³-hybridized carbons (Fsp3) is 0.136. The average Bonchev–Trinajstić information content (AvgIpc) is 3.40. The van der Waals surface area contributed by atoms with Crippen LogP contribution in [-0.2, 0) is 20.1 Å². The minimum absolute atomic E-state index is 0.0855. The second-order valence-electron chi connectivity index (χ2n) is 8.04. The van der Waals surface area contributed by atoms with Gasteiger partial charge in [-0.2, -0.15) is 10.1 Å². The highest BCUT2D eigenvalue weighted by Crippen LogP contribution is 2.29. The van der Waals surface area contributed by atoms with Gasteiger partial charge in [0.25, 0.3) is 0 Å². The number of rotatable bonds is 6. The Kier molecular flexibility index (Phi) is 5.95. The molecule has 0 aliphatic carbocycles. The van der Waals surface area contributed by atoms with E-state index in [9.17, 15) is 27.6 Å². The van der Waals surface area contributed by atoms with E-state index >= 15 is 0 Å². The molecule has 5 aromatic rings. The predicted octanol–water partition coefficient (Wildman–Crippen LogP) is 2.48. The normalized spacial score (nSPS) is 11.4. The summed E-state index contributed by atoms with van der Waals surface area (Å²) in [6.45, 7) is -1.06. The molecule has 0 unspecified atom stereocenters. The van der Waals surface area contributed by atoms with Crippen molar-refractivity contribution in [3.63, 3.8) is 0 Å². The minimum atomic E-state index is -1.41. The van der Waals surface area contributed by atoms with E-state index in [-0.39, 0.29) is 27.9 Å². The molecule has 0 fully saturated rings. The number of aromatic nitrogens is 6. The van der Waals surface area contributed by atoms with E-state index < -0.39 is 47.5 Å². The highest BCUT2D eigenvalue weighted by Gasteiger charge is 2.19. The molecule has 0 saturated carbocycles. The van der Waals surface area contributed by atoms with Crippen LogP contribution in [0.25, 0.3) is 10.9 Å². The molecule has 3 heterocycles. The van der Waals surface area contributed by atoms with Crippen LogP contribution in [-0.4, -0.2) is 29.1 Å². The summed E-state index contributed by atoms with van der Waals surface area (Å²) < 4.78 is 49.4. The first-order valence-electron chi connectivity index (χ1n) is 10.5. The highest BCUT2D eigenvalue weighted by molar-refractivity contribution is 6.34. The summed E-state index contributed by atoms with van der Waals surface area (Å²) in [5, 5.41) is 10.1. The Hall–Kier alpha value is -4.59. The third kappa shape index (κ3) is 4.65. The van der Waals surface area contributed by atoms with Crippen LogP contribution in [0, 0.1) is 17.5 Å². The van der Waals surface area contributed by atoms with Gasteiger partial charge in [-0.25, -0.2) is 37.3 Å². The van der Waals surface area contributed by atoms with Gasteiger partial charge >= 0.3 is 17.0 Å². The summed E-state index contributed by atoms with van der Waals surface area (Å²) >= 11 is 6.35. The maximum absolute atomic E-state index is 14.5. The van der Waals surface area contributed by atoms with Crippen LogP contribution in [0.4, 0.5) is 24.8 Å². The molecule has 0 radical (unpaired) electrons. The number of halogens is 4. The van der Waals surface area contributed by atoms with E-state index in [0.717, 1.165) is 10.6 Å². The van der Waals surface area contributed by atoms with Crippen LogP contribution in [0.5, 0.6) is 0 Å². The van der Waals surface area contributed by atoms with Gasteiger partial charge in [-0.3, -0.25) is 9.25 Å². The first-order chi connectivity index (χ1) is 17.6. The number of fused-ring (bicyclic) bond motifs is 1. The van der Waals surface area contributed by atoms with Crippen molar-refractivity contribution >= 4 is 34.1 Å². The fourth-order valence-electron chi connectivity index (χ4n) is 3.71. The topological polar surface area (TPSA) is 133 Å². The Morgan fingerprint density at radius 2 is 1.76 bits per heavy atom. The fourth-order valence-corrected chi connectivity index (χ4v) is 3.91. The molecule has 0 aliphatic heterocycles. The molecule has 190 valence electrons. The van der Waals surface area contributed by atoms with E-state index in [1.165, 1.54) is 0 Å². The van der Waals surface area contributed by atoms with Crippen molar-refractivity contribution in [3.8, 4) is 0 Å². The smallest absolute Gasteiger partial charge is 0.339 e. The number of aryl methyl sites for hydroxylation is 1. The van der Waals surface area contributed by atoms with Gasteiger partial charge in [0.05, 0.1) is 35.0 Å². The molecule has 0 atom stereocenters. The first kappa shape index (κ1) is 24.1. The monoisotopic (exact) mass is 533 g/mol. The molecular formula is C22H15ClF3N7O4. The van der Waals surface area contributed by atoms with Crippen LogP contribution in [0.3, 0.4) is 0 Å². The molecule has 2 N–H and O–H groups in total. The summed E-state index contributed by atoms with van der Waals surface area (Å²) in [6, 6.07) is 5.11. The third-order valence-corrected chi connectivity index (χ3v) is 5.74. The summed E-state index contributed by atoms with van der Waals surface area (Å²) in [5.41, 5.74) is -2.23. The lowest BCUT2D eigenvalue weighted by Gasteiger charge is -2.16. The Bertz CT molecular complexity index is 1850. The molecule has 0 saturated heterocycles. The Balaban J connectivity index is 1.65. The lowest BCUT2D eigenvalue weighted by molar-refractivity contribution is 0.382. The zero-order valence-electron chi connectivity index (χ0n) is 18.8. The van der Waals surface area contributed by atoms with Gasteiger partial charge in [0.1, 0.15) is 5.82 Å². The zero-order valence-corrected chi connectivity index (χ0v) is 19.5. The lowest BCUT2D eigenvalue weighted by atomic mass is 10.2. The average molecular weight is 534 g/mol. The number of anilines is 2. The first-order valence-corrected chi connectivity index (χ1v) is 10.9. The lowest BCUT2D eigenvalue weighted by Crippen LogP contribution is -2.43. The summed E-state index contributed by atoms with van der Waals surface area (Å²) in [5.74, 6) is -4.21. The number of aromatic amines is 1. The van der Waals surface area contributed by atoms with Crippen molar-refractivity contribution in [2.75, 3.05) is 5.32 Å². The van der Waals surface area contributed by atoms with Crippen molar-refractivity contribution in [1.29, 1.82) is 0 Å². The van der Waals surface area contributed by atoms with Crippen molar-refractivity contribution in [2.45, 2.75) is 13.1 Å². The third-order valence-electron chi connectivity index (χ3n) is 5.43. The summed E-state index contributed by atoms with van der Waals surface area (Å²) in [6.07, 6.45) is 1.71. The van der Waals surface area contributed by atoms with Crippen molar-refractivity contribution < 1.29 is 17.7 Å². The highest BCUT2D eigenvalue weighted by atomic mass is 35.5. The van der Waals surface area contributed by atoms with E-state index in [4.69, 9.17) is 11.6 Å². The number of H-pyrrole nitrogens is 1. The van der Waals surface area contributed by atoms with Gasteiger partial charge in [-0.1, -0.05) is 11.6 Å². The molecular weight excluding hydrogens is 519 g/mol. The van der Waals surface area contributed by atoms with Crippen molar-refractivity contribution in [2.24, 2.45) is 7.05 Å². The van der Waals surface area contributed by atoms with Gasteiger partial charge in [-0.15, -0.1) is 0 Å². The minimum Gasteiger partial charge on any atom is -0.339 e. The molecule has 11 nitrogen and oxygen atoms in total. The van der Waals surface area contributed by atoms with Crippen LogP contribution in [0.2, 0.25) is 5.02 Å². The van der Waals surface area contributed by atoms with Crippen LogP contribution >= 0.6 is 11.6 Å². The Labute approximate surface area is 208 Å². The second-order valence-corrected chi connectivity index (χ2v) is 8.45. The molecule has 37 heavy (non-hydrogen) atoms. The molecule has 0 spiro atoms. The van der Waals surface area contributed by atoms with E-state index in [1.807, 2.05) is 0 Å². The van der Waals surface area contributed by atoms with Crippen LogP contribution < -0.4 is 22.3 Å². The summed E-state index contributed by atoms with van der Waals surface area (Å²) in [7, 11) is 1.71. The molecule has 5 rings (SSSR count). The van der Waals surface area contributed by atoms with Crippen LogP contribution in [0.1, 0.15) is 11.3 Å². The SMILES string of the molecule is Cn1cc2cc(Nc3nc(=O)n(Cc4cc(=O)o[nH]4)c(=O)n3Cc3cc(F)c(F)cc3F)c(Cl)cc2n1. The van der Waals surface area contributed by atoms with Crippen LogP contribution in [0.15, 0.2) is 55.4 Å².